The molecule has 0 saturated heterocycles. The zero-order chi connectivity index (χ0) is 14.0. The van der Waals surface area contributed by atoms with Crippen LogP contribution in [-0.4, -0.2) is 25.8 Å². The molecule has 1 atom stereocenters. The quantitative estimate of drug-likeness (QED) is 0.871. The van der Waals surface area contributed by atoms with E-state index in [2.05, 4.69) is 15.5 Å². The van der Waals surface area contributed by atoms with Gasteiger partial charge in [0.2, 0.25) is 0 Å². The predicted octanol–water partition coefficient (Wildman–Crippen LogP) is 1.15. The number of carbonyl (C=O) groups excluding carboxylic acids is 1. The van der Waals surface area contributed by atoms with E-state index in [-0.39, 0.29) is 5.56 Å². The minimum Gasteiger partial charge on any atom is -0.504 e. The van der Waals surface area contributed by atoms with E-state index in [1.807, 2.05) is 0 Å². The number of benzene rings is 1. The fourth-order valence-electron chi connectivity index (χ4n) is 1.72. The first-order chi connectivity index (χ1) is 9.00. The number of nitrogens with zero attached hydrogens (tertiary/aromatic N) is 3. The Kier molecular flexibility index (Phi) is 3.46. The molecule has 2 N–H and O–H groups in total. The van der Waals surface area contributed by atoms with Gasteiger partial charge in [-0.3, -0.25) is 4.79 Å². The van der Waals surface area contributed by atoms with Gasteiger partial charge in [-0.25, -0.2) is 4.39 Å². The number of nitrogens with one attached hydrogen (secondary N) is 1. The van der Waals surface area contributed by atoms with E-state index in [1.165, 1.54) is 18.5 Å². The van der Waals surface area contributed by atoms with Crippen molar-refractivity contribution in [2.45, 2.75) is 13.0 Å². The number of phenols is 1. The lowest BCUT2D eigenvalue weighted by Crippen LogP contribution is -2.28. The zero-order valence-corrected chi connectivity index (χ0v) is 10.5. The molecule has 2 rings (SSSR count). The molecule has 0 spiro atoms. The zero-order valence-electron chi connectivity index (χ0n) is 10.5. The Hall–Kier alpha value is -2.44. The molecular formula is C12H13FN4O2. The first-order valence-corrected chi connectivity index (χ1v) is 5.63. The summed E-state index contributed by atoms with van der Waals surface area (Å²) in [4.78, 5) is 11.9. The molecule has 0 unspecified atom stereocenters. The van der Waals surface area contributed by atoms with E-state index in [0.29, 0.717) is 5.82 Å². The van der Waals surface area contributed by atoms with Crippen LogP contribution in [0.15, 0.2) is 24.5 Å². The Balaban J connectivity index is 2.18. The van der Waals surface area contributed by atoms with E-state index in [1.54, 1.807) is 18.5 Å². The summed E-state index contributed by atoms with van der Waals surface area (Å²) in [5.41, 5.74) is -0.117. The maximum absolute atomic E-state index is 13.2. The number of halogens is 1. The summed E-state index contributed by atoms with van der Waals surface area (Å²) < 4.78 is 14.8. The number of amides is 1. The molecule has 100 valence electrons. The van der Waals surface area contributed by atoms with Crippen molar-refractivity contribution < 1.29 is 14.3 Å². The van der Waals surface area contributed by atoms with Gasteiger partial charge < -0.3 is 15.0 Å². The lowest BCUT2D eigenvalue weighted by atomic mass is 10.1. The molecule has 0 fully saturated rings. The summed E-state index contributed by atoms with van der Waals surface area (Å²) in [6.07, 6.45) is 1.51. The summed E-state index contributed by atoms with van der Waals surface area (Å²) in [7, 11) is 1.75. The van der Waals surface area contributed by atoms with Gasteiger partial charge in [-0.15, -0.1) is 10.2 Å². The second kappa shape index (κ2) is 5.05. The second-order valence-corrected chi connectivity index (χ2v) is 4.13. The highest BCUT2D eigenvalue weighted by atomic mass is 19.1. The fourth-order valence-corrected chi connectivity index (χ4v) is 1.72. The van der Waals surface area contributed by atoms with Crippen molar-refractivity contribution in [1.82, 2.24) is 20.1 Å². The maximum atomic E-state index is 13.2. The van der Waals surface area contributed by atoms with Gasteiger partial charge in [-0.05, 0) is 19.1 Å². The van der Waals surface area contributed by atoms with Crippen LogP contribution in [0.25, 0.3) is 0 Å². The van der Waals surface area contributed by atoms with Crippen molar-refractivity contribution in [3.05, 3.63) is 41.7 Å². The molecule has 1 amide bonds. The summed E-state index contributed by atoms with van der Waals surface area (Å²) in [6, 6.07) is 3.37. The molecule has 0 aliphatic carbocycles. The number of rotatable bonds is 3. The average Bonchev–Trinajstić information content (AvgIpc) is 2.79. The Bertz CT molecular complexity index is 612. The van der Waals surface area contributed by atoms with Crippen LogP contribution >= 0.6 is 0 Å². The van der Waals surface area contributed by atoms with E-state index in [0.717, 1.165) is 6.07 Å². The van der Waals surface area contributed by atoms with Crippen molar-refractivity contribution in [2.24, 2.45) is 7.05 Å². The van der Waals surface area contributed by atoms with Crippen LogP contribution in [0, 0.1) is 5.82 Å². The maximum Gasteiger partial charge on any atom is 0.255 e. The Morgan fingerprint density at radius 3 is 2.89 bits per heavy atom. The molecule has 1 aromatic heterocycles. The first-order valence-electron chi connectivity index (χ1n) is 5.63. The molecule has 2 aromatic rings. The fraction of sp³-hybridized carbons (Fsp3) is 0.250. The van der Waals surface area contributed by atoms with Gasteiger partial charge in [-0.1, -0.05) is 6.07 Å². The van der Waals surface area contributed by atoms with Crippen LogP contribution in [0.4, 0.5) is 4.39 Å². The highest BCUT2D eigenvalue weighted by Gasteiger charge is 2.19. The number of para-hydroxylation sites is 1. The highest BCUT2D eigenvalue weighted by molar-refractivity contribution is 5.97. The Labute approximate surface area is 108 Å². The number of aryl methyl sites for hydroxylation is 1. The summed E-state index contributed by atoms with van der Waals surface area (Å²) in [5, 5.41) is 19.7. The average molecular weight is 264 g/mol. The molecule has 6 nitrogen and oxygen atoms in total. The highest BCUT2D eigenvalue weighted by Crippen LogP contribution is 2.21. The topological polar surface area (TPSA) is 80.0 Å². The van der Waals surface area contributed by atoms with E-state index in [4.69, 9.17) is 0 Å². The molecule has 0 aliphatic heterocycles. The van der Waals surface area contributed by atoms with Crippen molar-refractivity contribution in [2.75, 3.05) is 0 Å². The summed E-state index contributed by atoms with van der Waals surface area (Å²) in [5.74, 6) is -1.51. The molecule has 0 aliphatic rings. The molecule has 7 heteroatoms. The number of carbonyl (C=O) groups is 1. The molecule has 1 heterocycles. The van der Waals surface area contributed by atoms with E-state index >= 15 is 0 Å². The third-order valence-electron chi connectivity index (χ3n) is 2.71. The smallest absolute Gasteiger partial charge is 0.255 e. The number of hydrogen-bond acceptors (Lipinski definition) is 4. The van der Waals surface area contributed by atoms with Crippen molar-refractivity contribution >= 4 is 5.91 Å². The van der Waals surface area contributed by atoms with Gasteiger partial charge in [0.05, 0.1) is 11.6 Å². The summed E-state index contributed by atoms with van der Waals surface area (Å²) >= 11 is 0. The minimum absolute atomic E-state index is 0.117. The number of aromatic nitrogens is 3. The van der Waals surface area contributed by atoms with Gasteiger partial charge in [0.15, 0.2) is 17.4 Å². The molecule has 19 heavy (non-hydrogen) atoms. The normalized spacial score (nSPS) is 12.2. The van der Waals surface area contributed by atoms with Crippen LogP contribution in [0.1, 0.15) is 29.1 Å². The van der Waals surface area contributed by atoms with Gasteiger partial charge in [0.25, 0.3) is 5.91 Å². The van der Waals surface area contributed by atoms with Crippen LogP contribution in [0.3, 0.4) is 0 Å². The number of hydrogen-bond donors (Lipinski definition) is 2. The minimum atomic E-state index is -0.834. The van der Waals surface area contributed by atoms with Crippen molar-refractivity contribution in [3.63, 3.8) is 0 Å². The summed E-state index contributed by atoms with van der Waals surface area (Å²) in [6.45, 7) is 1.72. The van der Waals surface area contributed by atoms with Gasteiger partial charge in [0, 0.05) is 7.05 Å². The van der Waals surface area contributed by atoms with Gasteiger partial charge in [0.1, 0.15) is 6.33 Å². The van der Waals surface area contributed by atoms with Crippen LogP contribution < -0.4 is 5.32 Å². The first kappa shape index (κ1) is 13.0. The second-order valence-electron chi connectivity index (χ2n) is 4.13. The SMILES string of the molecule is C[C@@H](NC(=O)c1cccc(F)c1O)c1nncn1C. The van der Waals surface area contributed by atoms with Crippen LogP contribution in [0.5, 0.6) is 5.75 Å². The van der Waals surface area contributed by atoms with Gasteiger partial charge in [-0.2, -0.15) is 0 Å². The van der Waals surface area contributed by atoms with Crippen molar-refractivity contribution in [3.8, 4) is 5.75 Å². The molecule has 0 radical (unpaired) electrons. The number of aromatic hydroxyl groups is 1. The lowest BCUT2D eigenvalue weighted by molar-refractivity contribution is 0.0934. The van der Waals surface area contributed by atoms with Crippen LogP contribution in [-0.2, 0) is 7.05 Å². The van der Waals surface area contributed by atoms with Crippen LogP contribution in [0.2, 0.25) is 0 Å². The molecule has 0 bridgehead atoms. The molecule has 1 aromatic carbocycles. The Morgan fingerprint density at radius 1 is 1.53 bits per heavy atom. The standard InChI is InChI=1S/C12H13FN4O2/c1-7(11-16-14-6-17(11)2)15-12(19)8-4-3-5-9(13)10(8)18/h3-7,18H,1-2H3,(H,15,19)/t7-/m1/s1. The monoisotopic (exact) mass is 264 g/mol. The predicted molar refractivity (Wildman–Crippen MR) is 64.9 cm³/mol. The van der Waals surface area contributed by atoms with E-state index in [9.17, 15) is 14.3 Å². The molecular weight excluding hydrogens is 251 g/mol. The lowest BCUT2D eigenvalue weighted by Gasteiger charge is -2.13. The number of phenolic OH excluding ortho intramolecular Hbond substituents is 1. The third kappa shape index (κ3) is 2.54. The van der Waals surface area contributed by atoms with Crippen molar-refractivity contribution in [1.29, 1.82) is 0 Å². The third-order valence-corrected chi connectivity index (χ3v) is 2.71. The van der Waals surface area contributed by atoms with Gasteiger partial charge >= 0.3 is 0 Å². The largest absolute Gasteiger partial charge is 0.504 e. The molecule has 0 saturated carbocycles. The Morgan fingerprint density at radius 2 is 2.26 bits per heavy atom. The van der Waals surface area contributed by atoms with E-state index < -0.39 is 23.5 Å².